The van der Waals surface area contributed by atoms with Gasteiger partial charge in [-0.25, -0.2) is 0 Å². The standard InChI is InChI=1S/C20H23N3O2S/c1-4-15-10-7-8-14(2)19(15)21-20(26)23-22-18(24)13-12-16-9-5-6-11-17(16)25-3/h5-13H,4H2,1-3H3,(H,22,24)(H2,21,23,26)/b13-12+. The molecule has 0 aromatic heterocycles. The highest BCUT2D eigenvalue weighted by Gasteiger charge is 2.06. The molecule has 0 spiro atoms. The fraction of sp³-hybridized carbons (Fsp3) is 0.200. The predicted molar refractivity (Wildman–Crippen MR) is 110 cm³/mol. The molecular weight excluding hydrogens is 346 g/mol. The average Bonchev–Trinajstić information content (AvgIpc) is 2.66. The maximum Gasteiger partial charge on any atom is 0.262 e. The molecule has 26 heavy (non-hydrogen) atoms. The number of rotatable bonds is 5. The van der Waals surface area contributed by atoms with Gasteiger partial charge < -0.3 is 10.1 Å². The van der Waals surface area contributed by atoms with Crippen LogP contribution in [0.3, 0.4) is 0 Å². The smallest absolute Gasteiger partial charge is 0.262 e. The molecule has 2 aromatic rings. The van der Waals surface area contributed by atoms with Gasteiger partial charge in [0.25, 0.3) is 5.91 Å². The fourth-order valence-electron chi connectivity index (χ4n) is 2.48. The molecule has 0 fully saturated rings. The lowest BCUT2D eigenvalue weighted by atomic mass is 10.1. The molecule has 0 heterocycles. The summed E-state index contributed by atoms with van der Waals surface area (Å²) in [7, 11) is 1.59. The number of hydrogen-bond donors (Lipinski definition) is 3. The van der Waals surface area contributed by atoms with Crippen LogP contribution in [0.2, 0.25) is 0 Å². The number of thiocarbonyl (C=S) groups is 1. The van der Waals surface area contributed by atoms with Crippen LogP contribution in [-0.2, 0) is 11.2 Å². The molecule has 6 heteroatoms. The molecule has 0 radical (unpaired) electrons. The van der Waals surface area contributed by atoms with Crippen molar-refractivity contribution in [2.24, 2.45) is 0 Å². The Morgan fingerprint density at radius 2 is 1.92 bits per heavy atom. The molecule has 0 atom stereocenters. The number of hydrogen-bond acceptors (Lipinski definition) is 3. The first kappa shape index (κ1) is 19.5. The molecule has 0 saturated carbocycles. The van der Waals surface area contributed by atoms with Crippen LogP contribution in [0.25, 0.3) is 6.08 Å². The molecule has 0 bridgehead atoms. The summed E-state index contributed by atoms with van der Waals surface area (Å²) in [5.41, 5.74) is 9.30. The van der Waals surface area contributed by atoms with Gasteiger partial charge in [-0.2, -0.15) is 0 Å². The first-order valence-corrected chi connectivity index (χ1v) is 8.72. The van der Waals surface area contributed by atoms with E-state index < -0.39 is 0 Å². The molecule has 3 N–H and O–H groups in total. The highest BCUT2D eigenvalue weighted by Crippen LogP contribution is 2.21. The van der Waals surface area contributed by atoms with Crippen LogP contribution in [0, 0.1) is 6.92 Å². The lowest BCUT2D eigenvalue weighted by molar-refractivity contribution is -0.116. The lowest BCUT2D eigenvalue weighted by Crippen LogP contribution is -2.43. The average molecular weight is 369 g/mol. The van der Waals surface area contributed by atoms with Crippen molar-refractivity contribution in [3.8, 4) is 5.75 Å². The number of ether oxygens (including phenoxy) is 1. The van der Waals surface area contributed by atoms with E-state index >= 15 is 0 Å². The second kappa shape index (κ2) is 9.58. The summed E-state index contributed by atoms with van der Waals surface area (Å²) in [6, 6.07) is 13.5. The van der Waals surface area contributed by atoms with E-state index in [2.05, 4.69) is 23.1 Å². The van der Waals surface area contributed by atoms with Crippen molar-refractivity contribution in [1.82, 2.24) is 10.9 Å². The maximum absolute atomic E-state index is 12.0. The van der Waals surface area contributed by atoms with E-state index in [1.165, 1.54) is 6.08 Å². The Labute approximate surface area is 159 Å². The molecule has 0 unspecified atom stereocenters. The van der Waals surface area contributed by atoms with Gasteiger partial charge in [-0.3, -0.25) is 15.6 Å². The molecule has 0 aliphatic carbocycles. The van der Waals surface area contributed by atoms with E-state index in [1.54, 1.807) is 13.2 Å². The van der Waals surface area contributed by atoms with E-state index in [9.17, 15) is 4.79 Å². The third-order valence-electron chi connectivity index (χ3n) is 3.83. The Morgan fingerprint density at radius 1 is 1.15 bits per heavy atom. The van der Waals surface area contributed by atoms with Crippen molar-refractivity contribution < 1.29 is 9.53 Å². The minimum Gasteiger partial charge on any atom is -0.496 e. The van der Waals surface area contributed by atoms with Gasteiger partial charge in [-0.05, 0) is 48.8 Å². The monoisotopic (exact) mass is 369 g/mol. The van der Waals surface area contributed by atoms with Gasteiger partial charge in [0, 0.05) is 17.3 Å². The van der Waals surface area contributed by atoms with Gasteiger partial charge in [0.15, 0.2) is 5.11 Å². The molecule has 1 amide bonds. The Balaban J connectivity index is 1.91. The number of hydrazine groups is 1. The second-order valence-electron chi connectivity index (χ2n) is 5.61. The molecule has 0 aliphatic heterocycles. The van der Waals surface area contributed by atoms with E-state index in [0.29, 0.717) is 10.9 Å². The normalized spacial score (nSPS) is 10.4. The first-order valence-electron chi connectivity index (χ1n) is 8.31. The number of nitrogens with one attached hydrogen (secondary N) is 3. The van der Waals surface area contributed by atoms with Gasteiger partial charge in [0.1, 0.15) is 5.75 Å². The number of amides is 1. The number of aryl methyl sites for hydroxylation is 2. The lowest BCUT2D eigenvalue weighted by Gasteiger charge is -2.15. The number of benzene rings is 2. The SMILES string of the molecule is CCc1cccc(C)c1NC(=S)NNC(=O)/C=C/c1ccccc1OC. The van der Waals surface area contributed by atoms with Crippen molar-refractivity contribution in [3.63, 3.8) is 0 Å². The highest BCUT2D eigenvalue weighted by atomic mass is 32.1. The number of carbonyl (C=O) groups excluding carboxylic acids is 1. The molecule has 136 valence electrons. The summed E-state index contributed by atoms with van der Waals surface area (Å²) < 4.78 is 5.25. The quantitative estimate of drug-likeness (QED) is 0.427. The number of carbonyl (C=O) groups is 1. The zero-order valence-corrected chi connectivity index (χ0v) is 15.9. The van der Waals surface area contributed by atoms with Gasteiger partial charge in [0.2, 0.25) is 0 Å². The Morgan fingerprint density at radius 3 is 2.65 bits per heavy atom. The van der Waals surface area contributed by atoms with Crippen molar-refractivity contribution >= 4 is 35.0 Å². The van der Waals surface area contributed by atoms with E-state index in [0.717, 1.165) is 28.8 Å². The molecule has 0 aliphatic rings. The minimum absolute atomic E-state index is 0.319. The summed E-state index contributed by atoms with van der Waals surface area (Å²) in [6.07, 6.45) is 3.99. The summed E-state index contributed by atoms with van der Waals surface area (Å²) in [4.78, 5) is 12.0. The topological polar surface area (TPSA) is 62.4 Å². The summed E-state index contributed by atoms with van der Waals surface area (Å²) in [5.74, 6) is 0.383. The number of methoxy groups -OCH3 is 1. The van der Waals surface area contributed by atoms with Crippen LogP contribution in [-0.4, -0.2) is 18.1 Å². The van der Waals surface area contributed by atoms with Crippen LogP contribution in [0.1, 0.15) is 23.6 Å². The highest BCUT2D eigenvalue weighted by molar-refractivity contribution is 7.80. The fourth-order valence-corrected chi connectivity index (χ4v) is 2.63. The van der Waals surface area contributed by atoms with Crippen molar-refractivity contribution in [2.45, 2.75) is 20.3 Å². The summed E-state index contributed by atoms with van der Waals surface area (Å²) in [5, 5.41) is 3.47. The largest absolute Gasteiger partial charge is 0.496 e. The Bertz CT molecular complexity index is 818. The van der Waals surface area contributed by atoms with Crippen molar-refractivity contribution in [1.29, 1.82) is 0 Å². The van der Waals surface area contributed by atoms with Crippen LogP contribution in [0.5, 0.6) is 5.75 Å². The van der Waals surface area contributed by atoms with Crippen molar-refractivity contribution in [2.75, 3.05) is 12.4 Å². The van der Waals surface area contributed by atoms with Gasteiger partial charge in [-0.1, -0.05) is 43.3 Å². The molecule has 5 nitrogen and oxygen atoms in total. The third-order valence-corrected chi connectivity index (χ3v) is 4.04. The van der Waals surface area contributed by atoms with Crippen LogP contribution >= 0.6 is 12.2 Å². The zero-order valence-electron chi connectivity index (χ0n) is 15.1. The molecule has 0 saturated heterocycles. The van der Waals surface area contributed by atoms with E-state index in [1.807, 2.05) is 49.4 Å². The van der Waals surface area contributed by atoms with Crippen LogP contribution in [0.4, 0.5) is 5.69 Å². The first-order chi connectivity index (χ1) is 12.5. The van der Waals surface area contributed by atoms with Gasteiger partial charge in [0.05, 0.1) is 7.11 Å². The zero-order chi connectivity index (χ0) is 18.9. The minimum atomic E-state index is -0.319. The molecule has 2 rings (SSSR count). The summed E-state index contributed by atoms with van der Waals surface area (Å²) >= 11 is 5.26. The van der Waals surface area contributed by atoms with E-state index in [-0.39, 0.29) is 5.91 Å². The Kier molecular flexibility index (Phi) is 7.17. The third kappa shape index (κ3) is 5.32. The summed E-state index contributed by atoms with van der Waals surface area (Å²) in [6.45, 7) is 4.10. The van der Waals surface area contributed by atoms with Crippen molar-refractivity contribution in [3.05, 3.63) is 65.2 Å². The maximum atomic E-state index is 12.0. The van der Waals surface area contributed by atoms with Crippen LogP contribution in [0.15, 0.2) is 48.5 Å². The number of anilines is 1. The van der Waals surface area contributed by atoms with Gasteiger partial charge in [-0.15, -0.1) is 0 Å². The van der Waals surface area contributed by atoms with Gasteiger partial charge >= 0.3 is 0 Å². The molecular formula is C20H23N3O2S. The predicted octanol–water partition coefficient (Wildman–Crippen LogP) is 3.60. The van der Waals surface area contributed by atoms with Crippen LogP contribution < -0.4 is 20.9 Å². The Hall–Kier alpha value is -2.86. The van der Waals surface area contributed by atoms with E-state index in [4.69, 9.17) is 17.0 Å². The second-order valence-corrected chi connectivity index (χ2v) is 6.01. The number of para-hydroxylation sites is 2. The molecule has 2 aromatic carbocycles.